The number of H-pyrrole nitrogens is 1. The number of carbonyl (C=O) groups excluding carboxylic acids is 1. The van der Waals surface area contributed by atoms with Crippen LogP contribution in [-0.4, -0.2) is 55.3 Å². The van der Waals surface area contributed by atoms with E-state index in [0.717, 1.165) is 23.7 Å². The van der Waals surface area contributed by atoms with Crippen LogP contribution < -0.4 is 10.6 Å². The summed E-state index contributed by atoms with van der Waals surface area (Å²) in [5.74, 6) is 0.0854. The van der Waals surface area contributed by atoms with Crippen molar-refractivity contribution in [2.24, 2.45) is 0 Å². The Bertz CT molecular complexity index is 1590. The highest BCUT2D eigenvalue weighted by Gasteiger charge is 2.20. The first-order chi connectivity index (χ1) is 19.4. The van der Waals surface area contributed by atoms with Crippen LogP contribution in [0.3, 0.4) is 0 Å². The van der Waals surface area contributed by atoms with Crippen molar-refractivity contribution in [2.75, 3.05) is 23.8 Å². The minimum absolute atomic E-state index is 0.301. The molecule has 10 nitrogen and oxygen atoms in total. The van der Waals surface area contributed by atoms with Crippen LogP contribution in [-0.2, 0) is 4.84 Å². The van der Waals surface area contributed by atoms with Crippen LogP contribution >= 0.6 is 11.6 Å². The van der Waals surface area contributed by atoms with Gasteiger partial charge in [0.25, 0.3) is 0 Å². The Morgan fingerprint density at radius 1 is 1.23 bits per heavy atom. The second kappa shape index (κ2) is 12.2. The molecule has 1 saturated heterocycles. The maximum Gasteiger partial charge on any atom is 0.345 e. The normalized spacial score (nSPS) is 16.4. The molecule has 0 radical (unpaired) electrons. The van der Waals surface area contributed by atoms with E-state index in [1.165, 1.54) is 23.5 Å². The van der Waals surface area contributed by atoms with Crippen LogP contribution in [0.2, 0.25) is 5.02 Å². The molecule has 206 valence electrons. The maximum absolute atomic E-state index is 12.4. The molecule has 2 aliphatic rings. The Labute approximate surface area is 233 Å². The van der Waals surface area contributed by atoms with Gasteiger partial charge in [-0.15, -0.1) is 0 Å². The second-order valence-corrected chi connectivity index (χ2v) is 9.39. The summed E-state index contributed by atoms with van der Waals surface area (Å²) in [5, 5.41) is 8.01. The van der Waals surface area contributed by atoms with Crippen LogP contribution in [0.15, 0.2) is 67.2 Å². The van der Waals surface area contributed by atoms with Crippen molar-refractivity contribution in [3.05, 3.63) is 77.8 Å². The molecule has 3 aromatic heterocycles. The molecular weight excluding hydrogens is 542 g/mol. The number of urea groups is 1. The number of alkyl halides is 1. The van der Waals surface area contributed by atoms with Gasteiger partial charge >= 0.3 is 6.03 Å². The lowest BCUT2D eigenvalue weighted by Gasteiger charge is -2.17. The Hall–Kier alpha value is -4.42. The summed E-state index contributed by atoms with van der Waals surface area (Å²) in [5.41, 5.74) is 4.92. The monoisotopic (exact) mass is 566 g/mol. The molecule has 13 heteroatoms. The lowest BCUT2D eigenvalue weighted by Crippen LogP contribution is -2.31. The summed E-state index contributed by atoms with van der Waals surface area (Å²) in [7, 11) is 0. The first-order valence-corrected chi connectivity index (χ1v) is 12.8. The predicted octanol–water partition coefficient (Wildman–Crippen LogP) is 6.43. The molecule has 0 spiro atoms. The SMILES string of the molecule is Cc1ccc(NC(=O)N2CCCO2)cc1Nc1ncc(Cl)cc1-c1ncnc2nc[nH]c12.FC1=CC(F)CC=C1. The molecule has 0 saturated carbocycles. The predicted molar refractivity (Wildman–Crippen MR) is 149 cm³/mol. The van der Waals surface area contributed by atoms with Gasteiger partial charge in [0.15, 0.2) is 5.65 Å². The minimum atomic E-state index is -1.11. The van der Waals surface area contributed by atoms with Crippen LogP contribution in [0.4, 0.5) is 30.8 Å². The van der Waals surface area contributed by atoms with Crippen molar-refractivity contribution in [1.29, 1.82) is 0 Å². The highest BCUT2D eigenvalue weighted by atomic mass is 35.5. The van der Waals surface area contributed by atoms with Gasteiger partial charge in [0, 0.05) is 29.6 Å². The van der Waals surface area contributed by atoms with E-state index in [4.69, 9.17) is 16.4 Å². The van der Waals surface area contributed by atoms with Crippen molar-refractivity contribution in [3.63, 3.8) is 0 Å². The number of fused-ring (bicyclic) bond motifs is 1. The van der Waals surface area contributed by atoms with E-state index in [1.807, 2.05) is 25.1 Å². The first-order valence-electron chi connectivity index (χ1n) is 12.4. The number of hydroxylamine groups is 2. The number of hydrogen-bond acceptors (Lipinski definition) is 7. The summed E-state index contributed by atoms with van der Waals surface area (Å²) in [6.07, 6.45) is 8.33. The van der Waals surface area contributed by atoms with Gasteiger partial charge in [0.05, 0.1) is 24.5 Å². The van der Waals surface area contributed by atoms with Crippen molar-refractivity contribution >= 4 is 46.0 Å². The van der Waals surface area contributed by atoms with Crippen LogP contribution in [0.5, 0.6) is 0 Å². The minimum Gasteiger partial charge on any atom is -0.341 e. The van der Waals surface area contributed by atoms with E-state index in [1.54, 1.807) is 18.6 Å². The zero-order chi connectivity index (χ0) is 28.1. The number of nitrogens with one attached hydrogen (secondary N) is 3. The van der Waals surface area contributed by atoms with Gasteiger partial charge in [-0.25, -0.2) is 38.6 Å². The number of hydrogen-bond donors (Lipinski definition) is 3. The van der Waals surface area contributed by atoms with Gasteiger partial charge in [-0.3, -0.25) is 4.84 Å². The van der Waals surface area contributed by atoms with Crippen LogP contribution in [0, 0.1) is 6.92 Å². The number of allylic oxidation sites excluding steroid dienone is 4. The first kappa shape index (κ1) is 27.2. The molecular formula is C27H25ClF2N8O2. The van der Waals surface area contributed by atoms with E-state index < -0.39 is 12.0 Å². The number of halogens is 3. The Kier molecular flexibility index (Phi) is 8.27. The molecule has 1 unspecified atom stereocenters. The number of imidazole rings is 1. The quantitative estimate of drug-likeness (QED) is 0.260. The van der Waals surface area contributed by atoms with E-state index in [0.29, 0.717) is 58.5 Å². The number of amides is 2. The second-order valence-electron chi connectivity index (χ2n) is 8.95. The van der Waals surface area contributed by atoms with Gasteiger partial charge in [-0.1, -0.05) is 23.7 Å². The molecule has 4 heterocycles. The summed E-state index contributed by atoms with van der Waals surface area (Å²) < 4.78 is 24.0. The molecule has 40 heavy (non-hydrogen) atoms. The van der Waals surface area contributed by atoms with Gasteiger partial charge in [0.1, 0.15) is 35.4 Å². The summed E-state index contributed by atoms with van der Waals surface area (Å²) >= 11 is 6.25. The number of aromatic amines is 1. The number of pyridine rings is 1. The average molecular weight is 567 g/mol. The summed E-state index contributed by atoms with van der Waals surface area (Å²) in [4.78, 5) is 38.0. The standard InChI is InChI=1S/C21H19ClN8O2.C6H6F2/c1-12-3-4-14(28-21(31)30-5-2-6-32-30)8-16(12)29-19-15(7-13(22)9-23-19)17-18-20(26-10-24-17)27-11-25-18;7-5-2-1-3-6(8)4-5/h3-4,7-11H,2,5-6H2,1H3,(H,23,29)(H,28,31)(H,24,25,26,27);1-2,4,6H,3H2. The fraction of sp³-hybridized carbons (Fsp3) is 0.222. The third-order valence-corrected chi connectivity index (χ3v) is 6.24. The third-order valence-electron chi connectivity index (χ3n) is 6.03. The van der Waals surface area contributed by atoms with Crippen molar-refractivity contribution in [3.8, 4) is 11.3 Å². The molecule has 1 aliphatic carbocycles. The number of anilines is 3. The third kappa shape index (κ3) is 6.41. The van der Waals surface area contributed by atoms with Gasteiger partial charge in [-0.05, 0) is 49.3 Å². The van der Waals surface area contributed by atoms with Gasteiger partial charge in [0.2, 0.25) is 0 Å². The highest BCUT2D eigenvalue weighted by Crippen LogP contribution is 2.34. The fourth-order valence-corrected chi connectivity index (χ4v) is 4.21. The largest absolute Gasteiger partial charge is 0.345 e. The fourth-order valence-electron chi connectivity index (χ4n) is 4.05. The Morgan fingerprint density at radius 3 is 2.85 bits per heavy atom. The smallest absolute Gasteiger partial charge is 0.341 e. The lowest BCUT2D eigenvalue weighted by molar-refractivity contribution is -0.0614. The van der Waals surface area contributed by atoms with Crippen molar-refractivity contribution < 1.29 is 18.4 Å². The summed E-state index contributed by atoms with van der Waals surface area (Å²) in [6, 6.07) is 7.07. The number of benzene rings is 1. The van der Waals surface area contributed by atoms with Crippen LogP contribution in [0.25, 0.3) is 22.4 Å². The molecule has 0 bridgehead atoms. The van der Waals surface area contributed by atoms with E-state index >= 15 is 0 Å². The topological polar surface area (TPSA) is 121 Å². The van der Waals surface area contributed by atoms with Gasteiger partial charge in [-0.2, -0.15) is 0 Å². The van der Waals surface area contributed by atoms with E-state index in [2.05, 4.69) is 35.6 Å². The molecule has 1 atom stereocenters. The Balaban J connectivity index is 0.000000348. The van der Waals surface area contributed by atoms with Gasteiger partial charge < -0.3 is 15.6 Å². The average Bonchev–Trinajstić information content (AvgIpc) is 3.64. The molecule has 1 aliphatic heterocycles. The van der Waals surface area contributed by atoms with E-state index in [-0.39, 0.29) is 6.03 Å². The number of rotatable bonds is 4. The highest BCUT2D eigenvalue weighted by molar-refractivity contribution is 6.30. The zero-order valence-corrected chi connectivity index (χ0v) is 22.1. The molecule has 1 aromatic carbocycles. The molecule has 6 rings (SSSR count). The number of carbonyl (C=O) groups is 1. The molecule has 2 amide bonds. The zero-order valence-electron chi connectivity index (χ0n) is 21.4. The number of aryl methyl sites for hydroxylation is 1. The molecule has 4 aromatic rings. The van der Waals surface area contributed by atoms with E-state index in [9.17, 15) is 13.6 Å². The summed E-state index contributed by atoms with van der Waals surface area (Å²) in [6.45, 7) is 3.08. The lowest BCUT2D eigenvalue weighted by atomic mass is 10.1. The van der Waals surface area contributed by atoms with Crippen LogP contribution in [0.1, 0.15) is 18.4 Å². The molecule has 3 N–H and O–H groups in total. The van der Waals surface area contributed by atoms with Crippen molar-refractivity contribution in [2.45, 2.75) is 25.9 Å². The van der Waals surface area contributed by atoms with Crippen molar-refractivity contribution in [1.82, 2.24) is 30.0 Å². The number of nitrogens with zero attached hydrogens (tertiary/aromatic N) is 5. The Morgan fingerprint density at radius 2 is 2.10 bits per heavy atom. The number of aromatic nitrogens is 5. The maximum atomic E-state index is 12.4. The molecule has 1 fully saturated rings.